The van der Waals surface area contributed by atoms with E-state index in [1.807, 2.05) is 12.1 Å². The average molecular weight is 281 g/mol. The highest BCUT2D eigenvalue weighted by molar-refractivity contribution is 5.79. The van der Waals surface area contributed by atoms with Crippen molar-refractivity contribution in [1.82, 2.24) is 4.98 Å². The predicted molar refractivity (Wildman–Crippen MR) is 74.5 cm³/mol. The van der Waals surface area contributed by atoms with Gasteiger partial charge < -0.3 is 14.7 Å². The Labute approximate surface area is 120 Å². The maximum Gasteiger partial charge on any atom is 0.346 e. The average Bonchev–Trinajstić information content (AvgIpc) is 2.53. The molecule has 1 aromatic carbocycles. The van der Waals surface area contributed by atoms with Crippen LogP contribution in [0.25, 0.3) is 0 Å². The lowest BCUT2D eigenvalue weighted by atomic mass is 10.1. The lowest BCUT2D eigenvalue weighted by Crippen LogP contribution is -2.42. The smallest absolute Gasteiger partial charge is 0.346 e. The fourth-order valence-corrected chi connectivity index (χ4v) is 2.26. The van der Waals surface area contributed by atoms with Crippen LogP contribution in [0.15, 0.2) is 42.6 Å². The summed E-state index contributed by atoms with van der Waals surface area (Å²) in [5.74, 6) is -0.156. The highest BCUT2D eigenvalue weighted by Crippen LogP contribution is 2.38. The number of carboxylic acid groups (broad SMARTS) is 1. The van der Waals surface area contributed by atoms with Gasteiger partial charge in [0.2, 0.25) is 6.10 Å². The van der Waals surface area contributed by atoms with Gasteiger partial charge >= 0.3 is 5.97 Å². The first kappa shape index (κ1) is 12.9. The third-order valence-corrected chi connectivity index (χ3v) is 3.21. The first-order chi connectivity index (χ1) is 10.2. The summed E-state index contributed by atoms with van der Waals surface area (Å²) < 4.78 is 5.47. The maximum absolute atomic E-state index is 11.3. The summed E-state index contributed by atoms with van der Waals surface area (Å²) in [6.45, 7) is 0.0953. The van der Waals surface area contributed by atoms with Crippen molar-refractivity contribution >= 4 is 17.5 Å². The van der Waals surface area contributed by atoms with Crippen LogP contribution < -0.4 is 9.64 Å². The molecule has 0 saturated carbocycles. The van der Waals surface area contributed by atoms with Crippen molar-refractivity contribution in [3.8, 4) is 11.8 Å². The molecule has 0 bridgehead atoms. The fraction of sp³-hybridized carbons (Fsp3) is 0.133. The van der Waals surface area contributed by atoms with E-state index in [2.05, 4.69) is 11.1 Å². The molecular formula is C15H11N3O3. The highest BCUT2D eigenvalue weighted by Gasteiger charge is 2.32. The number of ether oxygens (including phenoxy) is 1. The number of aromatic nitrogens is 1. The molecule has 0 amide bonds. The molecule has 0 aliphatic carbocycles. The van der Waals surface area contributed by atoms with E-state index in [0.29, 0.717) is 22.8 Å². The van der Waals surface area contributed by atoms with Crippen LogP contribution in [0.5, 0.6) is 5.75 Å². The number of carboxylic acids is 1. The number of rotatable bonds is 2. The van der Waals surface area contributed by atoms with E-state index in [1.165, 1.54) is 0 Å². The Morgan fingerprint density at radius 2 is 2.19 bits per heavy atom. The minimum absolute atomic E-state index is 0.0953. The van der Waals surface area contributed by atoms with Gasteiger partial charge in [-0.1, -0.05) is 12.1 Å². The Balaban J connectivity index is 2.13. The van der Waals surface area contributed by atoms with Crippen LogP contribution in [0, 0.1) is 11.3 Å². The van der Waals surface area contributed by atoms with Crippen molar-refractivity contribution in [2.45, 2.75) is 6.10 Å². The van der Waals surface area contributed by atoms with Crippen LogP contribution in [0.1, 0.15) is 5.56 Å². The Kier molecular flexibility index (Phi) is 3.16. The van der Waals surface area contributed by atoms with Crippen LogP contribution in [-0.2, 0) is 4.79 Å². The van der Waals surface area contributed by atoms with Crippen LogP contribution in [0.4, 0.5) is 11.5 Å². The van der Waals surface area contributed by atoms with E-state index in [0.717, 1.165) is 0 Å². The van der Waals surface area contributed by atoms with Crippen LogP contribution >= 0.6 is 0 Å². The van der Waals surface area contributed by atoms with E-state index < -0.39 is 12.1 Å². The van der Waals surface area contributed by atoms with Crippen molar-refractivity contribution in [2.24, 2.45) is 0 Å². The number of anilines is 2. The van der Waals surface area contributed by atoms with Gasteiger partial charge in [-0.25, -0.2) is 9.78 Å². The molecule has 2 aromatic rings. The number of benzene rings is 1. The van der Waals surface area contributed by atoms with Crippen molar-refractivity contribution in [3.05, 3.63) is 48.2 Å². The van der Waals surface area contributed by atoms with E-state index in [1.54, 1.807) is 35.4 Å². The van der Waals surface area contributed by atoms with Crippen molar-refractivity contribution in [2.75, 3.05) is 11.4 Å². The van der Waals surface area contributed by atoms with Gasteiger partial charge in [0.25, 0.3) is 0 Å². The number of fused-ring (bicyclic) bond motifs is 1. The lowest BCUT2D eigenvalue weighted by molar-refractivity contribution is -0.144. The normalized spacial score (nSPS) is 16.5. The van der Waals surface area contributed by atoms with Crippen LogP contribution in [0.3, 0.4) is 0 Å². The Morgan fingerprint density at radius 3 is 2.95 bits per heavy atom. The van der Waals surface area contributed by atoms with E-state index >= 15 is 0 Å². The number of hydrogen-bond acceptors (Lipinski definition) is 5. The molecule has 1 unspecified atom stereocenters. The summed E-state index contributed by atoms with van der Waals surface area (Å²) in [5, 5.41) is 18.4. The van der Waals surface area contributed by atoms with Gasteiger partial charge in [-0.2, -0.15) is 5.26 Å². The van der Waals surface area contributed by atoms with Crippen molar-refractivity contribution in [1.29, 1.82) is 5.26 Å². The second kappa shape index (κ2) is 5.13. The van der Waals surface area contributed by atoms with Crippen LogP contribution in [-0.4, -0.2) is 28.7 Å². The minimum atomic E-state index is -1.05. The van der Waals surface area contributed by atoms with Gasteiger partial charge in [-0.15, -0.1) is 0 Å². The molecule has 0 saturated heterocycles. The van der Waals surface area contributed by atoms with E-state index in [4.69, 9.17) is 4.74 Å². The first-order valence-electron chi connectivity index (χ1n) is 6.32. The molecule has 1 aliphatic heterocycles. The quantitative estimate of drug-likeness (QED) is 0.905. The highest BCUT2D eigenvalue weighted by atomic mass is 16.5. The van der Waals surface area contributed by atoms with Gasteiger partial charge in [0, 0.05) is 6.20 Å². The summed E-state index contributed by atoms with van der Waals surface area (Å²) in [7, 11) is 0. The molecule has 1 aromatic heterocycles. The third kappa shape index (κ3) is 2.25. The summed E-state index contributed by atoms with van der Waals surface area (Å²) in [6.07, 6.45) is 0.567. The number of nitriles is 1. The third-order valence-electron chi connectivity index (χ3n) is 3.21. The fourth-order valence-electron chi connectivity index (χ4n) is 2.26. The van der Waals surface area contributed by atoms with Gasteiger partial charge in [0.1, 0.15) is 11.8 Å². The second-order valence-corrected chi connectivity index (χ2v) is 4.51. The van der Waals surface area contributed by atoms with Crippen molar-refractivity contribution < 1.29 is 14.6 Å². The monoisotopic (exact) mass is 281 g/mol. The summed E-state index contributed by atoms with van der Waals surface area (Å²) in [6, 6.07) is 12.5. The maximum atomic E-state index is 11.3. The standard InChI is InChI=1S/C15H11N3O3/c16-8-10-4-3-7-17-14(10)18-9-13(15(19)20)21-12-6-2-1-5-11(12)18/h1-7,13H,9H2,(H,19,20). The topological polar surface area (TPSA) is 86.5 Å². The summed E-state index contributed by atoms with van der Waals surface area (Å²) in [5.41, 5.74) is 1.09. The molecule has 104 valence electrons. The lowest BCUT2D eigenvalue weighted by Gasteiger charge is -2.34. The zero-order valence-electron chi connectivity index (χ0n) is 10.9. The molecule has 6 nitrogen and oxygen atoms in total. The number of pyridine rings is 1. The molecule has 21 heavy (non-hydrogen) atoms. The summed E-state index contributed by atoms with van der Waals surface area (Å²) >= 11 is 0. The zero-order valence-corrected chi connectivity index (χ0v) is 10.9. The molecule has 0 fully saturated rings. The molecule has 0 spiro atoms. The molecule has 1 N–H and O–H groups in total. The van der Waals surface area contributed by atoms with E-state index in [9.17, 15) is 15.2 Å². The molecule has 3 rings (SSSR count). The molecule has 0 radical (unpaired) electrons. The molecule has 6 heteroatoms. The molecule has 1 atom stereocenters. The van der Waals surface area contributed by atoms with Crippen molar-refractivity contribution in [3.63, 3.8) is 0 Å². The van der Waals surface area contributed by atoms with Gasteiger partial charge in [0.15, 0.2) is 5.82 Å². The minimum Gasteiger partial charge on any atom is -0.478 e. The predicted octanol–water partition coefficient (Wildman–Crippen LogP) is 1.94. The number of para-hydroxylation sites is 2. The largest absolute Gasteiger partial charge is 0.478 e. The number of hydrogen-bond donors (Lipinski definition) is 1. The summed E-state index contributed by atoms with van der Waals surface area (Å²) in [4.78, 5) is 17.2. The zero-order chi connectivity index (χ0) is 14.8. The number of aliphatic carboxylic acids is 1. The Bertz CT molecular complexity index is 739. The molecule has 2 heterocycles. The Morgan fingerprint density at radius 1 is 1.38 bits per heavy atom. The van der Waals surface area contributed by atoms with Crippen LogP contribution in [0.2, 0.25) is 0 Å². The second-order valence-electron chi connectivity index (χ2n) is 4.51. The Hall–Kier alpha value is -3.07. The molecular weight excluding hydrogens is 270 g/mol. The number of carbonyl (C=O) groups is 1. The first-order valence-corrected chi connectivity index (χ1v) is 6.32. The SMILES string of the molecule is N#Cc1cccnc1N1CC(C(=O)O)Oc2ccccc21. The van der Waals surface area contributed by atoms with E-state index in [-0.39, 0.29) is 6.54 Å². The van der Waals surface area contributed by atoms with Gasteiger partial charge in [0.05, 0.1) is 17.8 Å². The van der Waals surface area contributed by atoms with Gasteiger partial charge in [-0.05, 0) is 24.3 Å². The van der Waals surface area contributed by atoms with Gasteiger partial charge in [-0.3, -0.25) is 0 Å². The number of nitrogens with zero attached hydrogens (tertiary/aromatic N) is 3. The molecule has 1 aliphatic rings.